The molecule has 0 saturated carbocycles. The predicted octanol–water partition coefficient (Wildman–Crippen LogP) is 1.24. The number of imide groups is 1. The molecule has 2 fully saturated rings. The molecule has 5 N–H and O–H groups in total. The van der Waals surface area contributed by atoms with Gasteiger partial charge in [0, 0.05) is 12.2 Å². The molecule has 2 saturated heterocycles. The number of amides is 2. The first kappa shape index (κ1) is 33.0. The Morgan fingerprint density at radius 1 is 1.40 bits per heavy atom. The van der Waals surface area contributed by atoms with Gasteiger partial charge in [-0.2, -0.15) is 9.97 Å². The standard InChI is InChI=1S/C24H35FN7O9PS/c1-6-38-20-16-18(29-23(26)30-20)32(10-27-16)22-24(5,25)17(34)14(41-22)8-39-42(37,31-12(4)21(36)40-11(2)3)43-9-13-7-15(33)28-19(13)35/h10-14,17,22,34H,6-9H2,1-5H3,(H,31,37)(H2,26,29,30)(H,28,33,35)/t12-,13?,14-,17-,22-,24-,42?/m1/s1. The number of nitrogens with two attached hydrogens (primary N) is 1. The molecule has 19 heteroatoms. The van der Waals surface area contributed by atoms with Crippen molar-refractivity contribution < 1.29 is 47.2 Å². The molecule has 16 nitrogen and oxygen atoms in total. The SMILES string of the molecule is CCOc1nc(N)nc2c1ncn2[C@@H]1O[C@H](COP(=O)(N[C@H](C)C(=O)OC(C)C)SCC2CC(=O)NC2=O)[C@@H](O)[C@@]1(C)F. The molecule has 2 aliphatic heterocycles. The molecule has 0 aliphatic carbocycles. The molecule has 2 unspecified atom stereocenters. The van der Waals surface area contributed by atoms with Gasteiger partial charge in [-0.1, -0.05) is 11.4 Å². The Morgan fingerprint density at radius 3 is 2.74 bits per heavy atom. The number of imidazole rings is 1. The van der Waals surface area contributed by atoms with Gasteiger partial charge in [0.1, 0.15) is 18.2 Å². The van der Waals surface area contributed by atoms with Crippen LogP contribution in [0.4, 0.5) is 10.3 Å². The van der Waals surface area contributed by atoms with E-state index in [2.05, 4.69) is 25.4 Å². The lowest BCUT2D eigenvalue weighted by atomic mass is 9.98. The minimum absolute atomic E-state index is 0.0877. The van der Waals surface area contributed by atoms with E-state index in [4.69, 9.17) is 24.5 Å². The van der Waals surface area contributed by atoms with E-state index in [0.717, 1.165) is 6.92 Å². The lowest BCUT2D eigenvalue weighted by Gasteiger charge is -2.25. The fraction of sp³-hybridized carbons (Fsp3) is 0.667. The lowest BCUT2D eigenvalue weighted by Crippen LogP contribution is -2.41. The molecule has 43 heavy (non-hydrogen) atoms. The maximum absolute atomic E-state index is 16.0. The summed E-state index contributed by atoms with van der Waals surface area (Å²) in [6, 6.07) is -1.10. The Morgan fingerprint density at radius 2 is 2.12 bits per heavy atom. The summed E-state index contributed by atoms with van der Waals surface area (Å²) in [6.45, 7) is 3.21. The second kappa shape index (κ2) is 13.0. The van der Waals surface area contributed by atoms with Crippen LogP contribution < -0.4 is 20.9 Å². The molecule has 0 bridgehead atoms. The smallest absolute Gasteiger partial charge is 0.327 e. The number of halogens is 1. The molecule has 4 rings (SSSR count). The van der Waals surface area contributed by atoms with Crippen molar-refractivity contribution in [1.29, 1.82) is 0 Å². The fourth-order valence-electron chi connectivity index (χ4n) is 4.50. The quantitative estimate of drug-likeness (QED) is 0.137. The van der Waals surface area contributed by atoms with Crippen molar-refractivity contribution in [3.63, 3.8) is 0 Å². The summed E-state index contributed by atoms with van der Waals surface area (Å²) in [6.07, 6.45) is -3.85. The van der Waals surface area contributed by atoms with Crippen LogP contribution in [0.25, 0.3) is 11.2 Å². The van der Waals surface area contributed by atoms with Crippen LogP contribution in [0.5, 0.6) is 5.88 Å². The highest BCUT2D eigenvalue weighted by atomic mass is 32.7. The zero-order valence-electron chi connectivity index (χ0n) is 24.2. The van der Waals surface area contributed by atoms with Crippen LogP contribution >= 0.6 is 18.1 Å². The number of rotatable bonds is 13. The van der Waals surface area contributed by atoms with Crippen LogP contribution in [-0.2, 0) is 32.9 Å². The van der Waals surface area contributed by atoms with Gasteiger partial charge in [0.15, 0.2) is 23.1 Å². The Hall–Kier alpha value is -2.89. The summed E-state index contributed by atoms with van der Waals surface area (Å²) >= 11 is 0.695. The molecule has 4 heterocycles. The summed E-state index contributed by atoms with van der Waals surface area (Å²) in [4.78, 5) is 48.4. The summed E-state index contributed by atoms with van der Waals surface area (Å²) in [5.41, 5.74) is 3.71. The average Bonchev–Trinajstić information content (AvgIpc) is 3.54. The number of carbonyl (C=O) groups is 3. The molecular weight excluding hydrogens is 612 g/mol. The number of anilines is 1. The largest absolute Gasteiger partial charge is 0.476 e. The van der Waals surface area contributed by atoms with Crippen molar-refractivity contribution in [2.24, 2.45) is 5.92 Å². The Balaban J connectivity index is 1.53. The highest BCUT2D eigenvalue weighted by Crippen LogP contribution is 2.58. The van der Waals surface area contributed by atoms with Gasteiger partial charge in [-0.15, -0.1) is 0 Å². The normalized spacial score (nSPS) is 27.8. The number of hydrogen-bond donors (Lipinski definition) is 4. The minimum atomic E-state index is -4.04. The number of fused-ring (bicyclic) bond motifs is 1. The van der Waals surface area contributed by atoms with Crippen molar-refractivity contribution in [2.45, 2.75) is 77.3 Å². The Labute approximate surface area is 250 Å². The lowest BCUT2D eigenvalue weighted by molar-refractivity contribution is -0.149. The van der Waals surface area contributed by atoms with Gasteiger partial charge < -0.3 is 29.6 Å². The van der Waals surface area contributed by atoms with Gasteiger partial charge in [-0.05, 0) is 34.6 Å². The summed E-state index contributed by atoms with van der Waals surface area (Å²) < 4.78 is 53.4. The van der Waals surface area contributed by atoms with E-state index in [0.29, 0.717) is 11.4 Å². The molecule has 7 atom stereocenters. The molecule has 2 aliphatic rings. The topological polar surface area (TPSA) is 219 Å². The van der Waals surface area contributed by atoms with E-state index in [9.17, 15) is 24.1 Å². The first-order chi connectivity index (χ1) is 20.1. The van der Waals surface area contributed by atoms with Crippen LogP contribution in [0.15, 0.2) is 6.33 Å². The number of alkyl halides is 1. The third-order valence-electron chi connectivity index (χ3n) is 6.63. The van der Waals surface area contributed by atoms with Gasteiger partial charge in [0.2, 0.25) is 23.6 Å². The van der Waals surface area contributed by atoms with Gasteiger partial charge in [-0.3, -0.25) is 28.8 Å². The number of aliphatic hydroxyl groups excluding tert-OH is 1. The van der Waals surface area contributed by atoms with Crippen molar-refractivity contribution in [3.05, 3.63) is 6.33 Å². The fourth-order valence-corrected chi connectivity index (χ4v) is 8.53. The van der Waals surface area contributed by atoms with Crippen LogP contribution in [0, 0.1) is 5.92 Å². The number of carbonyl (C=O) groups excluding carboxylic acids is 3. The van der Waals surface area contributed by atoms with E-state index in [1.807, 2.05) is 0 Å². The predicted molar refractivity (Wildman–Crippen MR) is 151 cm³/mol. The summed E-state index contributed by atoms with van der Waals surface area (Å²) in [7, 11) is 0. The van der Waals surface area contributed by atoms with Crippen LogP contribution in [0.1, 0.15) is 47.3 Å². The maximum Gasteiger partial charge on any atom is 0.327 e. The van der Waals surface area contributed by atoms with E-state index < -0.39 is 73.3 Å². The third-order valence-corrected chi connectivity index (χ3v) is 10.8. The highest BCUT2D eigenvalue weighted by Gasteiger charge is 2.56. The number of esters is 1. The molecule has 2 aromatic rings. The molecule has 0 aromatic carbocycles. The van der Waals surface area contributed by atoms with E-state index in [1.165, 1.54) is 17.8 Å². The van der Waals surface area contributed by atoms with Crippen LogP contribution in [-0.4, -0.2) is 91.4 Å². The van der Waals surface area contributed by atoms with Crippen molar-refractivity contribution in [3.8, 4) is 5.88 Å². The molecule has 0 radical (unpaired) electrons. The first-order valence-electron chi connectivity index (χ1n) is 13.5. The zero-order chi connectivity index (χ0) is 31.7. The van der Waals surface area contributed by atoms with E-state index in [-0.39, 0.29) is 41.8 Å². The van der Waals surface area contributed by atoms with Gasteiger partial charge in [0.05, 0.1) is 31.6 Å². The van der Waals surface area contributed by atoms with Crippen molar-refractivity contribution in [1.82, 2.24) is 29.9 Å². The molecule has 2 amide bonds. The highest BCUT2D eigenvalue weighted by molar-refractivity contribution is 8.56. The molecular formula is C24H35FN7O9PS. The monoisotopic (exact) mass is 647 g/mol. The molecule has 238 valence electrons. The number of hydrogen-bond acceptors (Lipinski definition) is 14. The van der Waals surface area contributed by atoms with E-state index in [1.54, 1.807) is 20.8 Å². The van der Waals surface area contributed by atoms with Gasteiger partial charge in [0.25, 0.3) is 0 Å². The second-order valence-corrected chi connectivity index (χ2v) is 14.8. The van der Waals surface area contributed by atoms with E-state index >= 15 is 4.39 Å². The number of nitrogen functional groups attached to an aromatic ring is 1. The zero-order valence-corrected chi connectivity index (χ0v) is 25.9. The number of aromatic nitrogens is 4. The number of ether oxygens (including phenoxy) is 3. The van der Waals surface area contributed by atoms with Crippen molar-refractivity contribution >= 4 is 53.0 Å². The number of aliphatic hydroxyl groups is 1. The second-order valence-electron chi connectivity index (χ2n) is 10.5. The minimum Gasteiger partial charge on any atom is -0.476 e. The molecule has 2 aromatic heterocycles. The van der Waals surface area contributed by atoms with Crippen molar-refractivity contribution in [2.75, 3.05) is 24.7 Å². The van der Waals surface area contributed by atoms with Crippen LogP contribution in [0.2, 0.25) is 0 Å². The number of nitrogens with one attached hydrogen (secondary N) is 2. The van der Waals surface area contributed by atoms with Gasteiger partial charge in [-0.25, -0.2) is 14.5 Å². The number of nitrogens with zero attached hydrogens (tertiary/aromatic N) is 4. The summed E-state index contributed by atoms with van der Waals surface area (Å²) in [5.74, 6) is -2.61. The summed E-state index contributed by atoms with van der Waals surface area (Å²) in [5, 5.41) is 15.7. The first-order valence-corrected chi connectivity index (χ1v) is 16.7. The Bertz CT molecular complexity index is 1430. The average molecular weight is 648 g/mol. The Kier molecular flexibility index (Phi) is 9.98. The maximum atomic E-state index is 16.0. The van der Waals surface area contributed by atoms with Crippen LogP contribution in [0.3, 0.4) is 0 Å². The van der Waals surface area contributed by atoms with Gasteiger partial charge >= 0.3 is 12.7 Å². The molecule has 0 spiro atoms. The third kappa shape index (κ3) is 7.26.